The number of anilines is 1. The highest BCUT2D eigenvalue weighted by Crippen LogP contribution is 2.34. The highest BCUT2D eigenvalue weighted by Gasteiger charge is 2.15. The molecule has 2 N–H and O–H groups in total. The Kier molecular flexibility index (Phi) is 9.70. The molecule has 25 heavy (non-hydrogen) atoms. The average Bonchev–Trinajstić information content (AvgIpc) is 2.54. The van der Waals surface area contributed by atoms with Crippen molar-refractivity contribution in [2.75, 3.05) is 18.5 Å². The number of nitrogens with zero attached hydrogens (tertiary/aromatic N) is 3. The van der Waals surface area contributed by atoms with Gasteiger partial charge in [-0.2, -0.15) is 9.97 Å². The molecule has 1 atom stereocenters. The lowest BCUT2D eigenvalue weighted by atomic mass is 10.3. The zero-order chi connectivity index (χ0) is 18.8. The summed E-state index contributed by atoms with van der Waals surface area (Å²) in [6.45, 7) is 8.63. The Hall–Kier alpha value is -1.44. The Labute approximate surface area is 157 Å². The van der Waals surface area contributed by atoms with Gasteiger partial charge in [-0.3, -0.25) is 0 Å². The van der Waals surface area contributed by atoms with E-state index >= 15 is 0 Å². The predicted molar refractivity (Wildman–Crippen MR) is 102 cm³/mol. The Morgan fingerprint density at radius 2 is 1.80 bits per heavy atom. The van der Waals surface area contributed by atoms with Crippen LogP contribution in [-0.2, 0) is 0 Å². The topological polar surface area (TPSA) is 70.9 Å². The van der Waals surface area contributed by atoms with Gasteiger partial charge in [0.25, 0.3) is 0 Å². The molecule has 0 saturated carbocycles. The molecule has 8 heteroatoms. The smallest absolute Gasteiger partial charge is 0.227 e. The molecular formula is C17H24ClFN4OS. The van der Waals surface area contributed by atoms with Crippen molar-refractivity contribution in [2.45, 2.75) is 37.8 Å². The zero-order valence-electron chi connectivity index (χ0n) is 14.8. The number of hydrogen-bond acceptors (Lipinski definition) is 6. The standard InChI is InChI=1S/C13H14ClFN4OS.C4H10/c1-8(21-10-5-3-2-4-9(10)15)11-17-12(14)19-13(18-11)16-6-7-20;1-4(2)3/h2-5,8,20H,6-7H2,1H3,(H,16,17,18,19);4H,1-3H3. The van der Waals surface area contributed by atoms with Gasteiger partial charge in [0.1, 0.15) is 11.6 Å². The van der Waals surface area contributed by atoms with Crippen molar-refractivity contribution in [1.82, 2.24) is 15.0 Å². The summed E-state index contributed by atoms with van der Waals surface area (Å²) in [5.41, 5.74) is 0. The maximum Gasteiger partial charge on any atom is 0.227 e. The minimum atomic E-state index is -0.284. The van der Waals surface area contributed by atoms with Crippen molar-refractivity contribution in [3.63, 3.8) is 0 Å². The maximum absolute atomic E-state index is 13.7. The molecule has 1 heterocycles. The second-order valence-corrected chi connectivity index (χ2v) is 7.58. The van der Waals surface area contributed by atoms with Crippen LogP contribution in [0.1, 0.15) is 38.8 Å². The maximum atomic E-state index is 13.7. The van der Waals surface area contributed by atoms with Crippen molar-refractivity contribution >= 4 is 29.3 Å². The van der Waals surface area contributed by atoms with Gasteiger partial charge in [-0.15, -0.1) is 11.8 Å². The van der Waals surface area contributed by atoms with Crippen molar-refractivity contribution < 1.29 is 9.50 Å². The van der Waals surface area contributed by atoms with Crippen LogP contribution < -0.4 is 5.32 Å². The van der Waals surface area contributed by atoms with Crippen LogP contribution in [0.25, 0.3) is 0 Å². The van der Waals surface area contributed by atoms with E-state index in [0.29, 0.717) is 23.2 Å². The van der Waals surface area contributed by atoms with Crippen LogP contribution >= 0.6 is 23.4 Å². The first-order valence-corrected chi connectivity index (χ1v) is 9.26. The number of thioether (sulfide) groups is 1. The van der Waals surface area contributed by atoms with Crippen molar-refractivity contribution in [2.24, 2.45) is 5.92 Å². The monoisotopic (exact) mass is 386 g/mol. The Bertz CT molecular complexity index is 658. The summed E-state index contributed by atoms with van der Waals surface area (Å²) in [7, 11) is 0. The number of hydrogen-bond donors (Lipinski definition) is 2. The van der Waals surface area contributed by atoms with E-state index < -0.39 is 0 Å². The number of aromatic nitrogens is 3. The van der Waals surface area contributed by atoms with E-state index in [2.05, 4.69) is 41.0 Å². The molecule has 0 aliphatic carbocycles. The van der Waals surface area contributed by atoms with Crippen LogP contribution in [-0.4, -0.2) is 33.2 Å². The van der Waals surface area contributed by atoms with Crippen LogP contribution in [0.15, 0.2) is 29.2 Å². The minimum absolute atomic E-state index is 0.0435. The minimum Gasteiger partial charge on any atom is -0.395 e. The third kappa shape index (κ3) is 8.47. The Balaban J connectivity index is 0.000000705. The molecular weight excluding hydrogens is 363 g/mol. The highest BCUT2D eigenvalue weighted by atomic mass is 35.5. The van der Waals surface area contributed by atoms with E-state index in [1.54, 1.807) is 18.2 Å². The van der Waals surface area contributed by atoms with E-state index in [-0.39, 0.29) is 23.0 Å². The number of benzene rings is 1. The first-order chi connectivity index (χ1) is 11.8. The van der Waals surface area contributed by atoms with Gasteiger partial charge in [0.15, 0.2) is 0 Å². The molecule has 1 unspecified atom stereocenters. The molecule has 0 aliphatic heterocycles. The van der Waals surface area contributed by atoms with Gasteiger partial charge in [0, 0.05) is 11.4 Å². The molecule has 5 nitrogen and oxygen atoms in total. The molecule has 1 aromatic carbocycles. The summed E-state index contributed by atoms with van der Waals surface area (Å²) >= 11 is 7.16. The van der Waals surface area contributed by atoms with Gasteiger partial charge < -0.3 is 10.4 Å². The molecule has 0 aliphatic rings. The molecule has 0 bridgehead atoms. The second kappa shape index (κ2) is 11.2. The lowest BCUT2D eigenvalue weighted by molar-refractivity contribution is 0.310. The van der Waals surface area contributed by atoms with Crippen LogP contribution in [0.2, 0.25) is 5.28 Å². The number of aliphatic hydroxyl groups excluding tert-OH is 1. The van der Waals surface area contributed by atoms with Gasteiger partial charge in [-0.25, -0.2) is 9.37 Å². The first kappa shape index (κ1) is 21.6. The SMILES string of the molecule is CC(C)C.CC(Sc1ccccc1F)c1nc(Cl)nc(NCCO)n1. The number of rotatable bonds is 6. The van der Waals surface area contributed by atoms with E-state index in [1.807, 2.05) is 6.92 Å². The largest absolute Gasteiger partial charge is 0.395 e. The molecule has 0 spiro atoms. The van der Waals surface area contributed by atoms with Gasteiger partial charge in [-0.05, 0) is 36.6 Å². The van der Waals surface area contributed by atoms with Gasteiger partial charge in [-0.1, -0.05) is 32.9 Å². The predicted octanol–water partition coefficient (Wildman–Crippen LogP) is 4.58. The molecule has 2 rings (SSSR count). The molecule has 2 aromatic rings. The molecule has 0 fully saturated rings. The lowest BCUT2D eigenvalue weighted by Crippen LogP contribution is -2.11. The molecule has 0 saturated heterocycles. The fraction of sp³-hybridized carbons (Fsp3) is 0.471. The summed E-state index contributed by atoms with van der Waals surface area (Å²) in [5, 5.41) is 11.5. The Morgan fingerprint density at radius 1 is 1.16 bits per heavy atom. The van der Waals surface area contributed by atoms with Crippen molar-refractivity contribution in [3.05, 3.63) is 41.2 Å². The highest BCUT2D eigenvalue weighted by molar-refractivity contribution is 7.99. The first-order valence-electron chi connectivity index (χ1n) is 8.00. The fourth-order valence-electron chi connectivity index (χ4n) is 1.58. The summed E-state index contributed by atoms with van der Waals surface area (Å²) in [6, 6.07) is 6.52. The molecule has 1 aromatic heterocycles. The number of aliphatic hydroxyl groups is 1. The van der Waals surface area contributed by atoms with Crippen molar-refractivity contribution in [3.8, 4) is 0 Å². The fourth-order valence-corrected chi connectivity index (χ4v) is 2.67. The van der Waals surface area contributed by atoms with E-state index in [4.69, 9.17) is 16.7 Å². The summed E-state index contributed by atoms with van der Waals surface area (Å²) in [4.78, 5) is 12.7. The molecule has 0 amide bonds. The molecule has 0 radical (unpaired) electrons. The third-order valence-corrected chi connectivity index (χ3v) is 3.84. The second-order valence-electron chi connectivity index (χ2n) is 5.86. The summed E-state index contributed by atoms with van der Waals surface area (Å²) in [6.07, 6.45) is 0. The average molecular weight is 387 g/mol. The third-order valence-electron chi connectivity index (χ3n) is 2.52. The van der Waals surface area contributed by atoms with Crippen LogP contribution in [0, 0.1) is 11.7 Å². The quantitative estimate of drug-likeness (QED) is 0.708. The summed E-state index contributed by atoms with van der Waals surface area (Å²) in [5.74, 6) is 1.29. The van der Waals surface area contributed by atoms with Gasteiger partial charge >= 0.3 is 0 Å². The normalized spacial score (nSPS) is 11.7. The Morgan fingerprint density at radius 3 is 2.40 bits per heavy atom. The van der Waals surface area contributed by atoms with E-state index in [1.165, 1.54) is 17.8 Å². The van der Waals surface area contributed by atoms with Gasteiger partial charge in [0.05, 0.1) is 11.9 Å². The van der Waals surface area contributed by atoms with Crippen LogP contribution in [0.4, 0.5) is 10.3 Å². The van der Waals surface area contributed by atoms with E-state index in [0.717, 1.165) is 5.92 Å². The number of halogens is 2. The van der Waals surface area contributed by atoms with Gasteiger partial charge in [0.2, 0.25) is 11.2 Å². The summed E-state index contributed by atoms with van der Waals surface area (Å²) < 4.78 is 13.7. The zero-order valence-corrected chi connectivity index (χ0v) is 16.4. The van der Waals surface area contributed by atoms with Crippen LogP contribution in [0.5, 0.6) is 0 Å². The molecule has 138 valence electrons. The van der Waals surface area contributed by atoms with E-state index in [9.17, 15) is 4.39 Å². The number of nitrogens with one attached hydrogen (secondary N) is 1. The van der Waals surface area contributed by atoms with Crippen LogP contribution in [0.3, 0.4) is 0 Å². The lowest BCUT2D eigenvalue weighted by Gasteiger charge is -2.12. The van der Waals surface area contributed by atoms with Crippen molar-refractivity contribution in [1.29, 1.82) is 0 Å².